The Bertz CT molecular complexity index is 1290. The summed E-state index contributed by atoms with van der Waals surface area (Å²) in [6.07, 6.45) is 0.428. The number of aliphatic hydroxyl groups excluding tert-OH is 2. The molecule has 2 aromatic carbocycles. The molecule has 3 aliphatic rings. The summed E-state index contributed by atoms with van der Waals surface area (Å²) in [6, 6.07) is 6.59. The molecule has 3 aliphatic carbocycles. The smallest absolute Gasteiger partial charge is 0.255 e. The highest BCUT2D eigenvalue weighted by Crippen LogP contribution is 2.52. The molecule has 2 aromatic rings. The summed E-state index contributed by atoms with van der Waals surface area (Å²) in [7, 11) is 0. The average Bonchev–Trinajstić information content (AvgIpc) is 2.71. The van der Waals surface area contributed by atoms with Crippen LogP contribution in [0.1, 0.15) is 28.8 Å². The van der Waals surface area contributed by atoms with E-state index >= 15 is 0 Å². The number of aliphatic hydroxyl groups is 2. The second-order valence-corrected chi connectivity index (χ2v) is 8.35. The molecule has 0 aromatic heterocycles. The van der Waals surface area contributed by atoms with Gasteiger partial charge in [0.05, 0.1) is 11.5 Å². The van der Waals surface area contributed by atoms with E-state index in [1.807, 2.05) is 0 Å². The fraction of sp³-hybridized carbons (Fsp3) is 0.261. The highest BCUT2D eigenvalue weighted by Gasteiger charge is 2.50. The van der Waals surface area contributed by atoms with Crippen LogP contribution in [-0.4, -0.2) is 37.9 Å². The number of rotatable bonds is 1. The van der Waals surface area contributed by atoms with Crippen LogP contribution in [0.5, 0.6) is 11.5 Å². The molecule has 0 fully saturated rings. The number of phenolic OH excluding ortho intramolecular Hbond substituents is 2. The highest BCUT2D eigenvalue weighted by molar-refractivity contribution is 6.22. The molecular formula is C23H19NO7. The van der Waals surface area contributed by atoms with Crippen LogP contribution in [0.3, 0.4) is 0 Å². The van der Waals surface area contributed by atoms with Crippen LogP contribution >= 0.6 is 0 Å². The molecule has 0 spiro atoms. The third-order valence-electron chi connectivity index (χ3n) is 6.74. The summed E-state index contributed by atoms with van der Waals surface area (Å²) < 4.78 is 0. The Morgan fingerprint density at radius 3 is 2.26 bits per heavy atom. The van der Waals surface area contributed by atoms with E-state index < -0.39 is 52.3 Å². The molecule has 31 heavy (non-hydrogen) atoms. The molecule has 158 valence electrons. The Kier molecular flexibility index (Phi) is 3.92. The molecule has 1 amide bonds. The molecule has 8 heteroatoms. The van der Waals surface area contributed by atoms with Gasteiger partial charge in [-0.25, -0.2) is 0 Å². The third kappa shape index (κ3) is 2.44. The van der Waals surface area contributed by atoms with Crippen molar-refractivity contribution in [2.75, 3.05) is 0 Å². The molecular weight excluding hydrogens is 402 g/mol. The largest absolute Gasteiger partial charge is 0.511 e. The number of benzene rings is 2. The van der Waals surface area contributed by atoms with Gasteiger partial charge in [-0.3, -0.25) is 14.4 Å². The molecule has 0 aliphatic heterocycles. The van der Waals surface area contributed by atoms with Crippen LogP contribution in [0, 0.1) is 17.8 Å². The van der Waals surface area contributed by atoms with Crippen LogP contribution in [0.15, 0.2) is 46.9 Å². The molecule has 0 saturated carbocycles. The van der Waals surface area contributed by atoms with Crippen LogP contribution in [0.2, 0.25) is 0 Å². The number of phenols is 2. The van der Waals surface area contributed by atoms with Gasteiger partial charge in [0.1, 0.15) is 28.6 Å². The molecule has 2 unspecified atom stereocenters. The number of aromatic hydroxyl groups is 2. The third-order valence-corrected chi connectivity index (χ3v) is 6.74. The number of hydrogen-bond acceptors (Lipinski definition) is 7. The van der Waals surface area contributed by atoms with Gasteiger partial charge in [-0.2, -0.15) is 0 Å². The van der Waals surface area contributed by atoms with Crippen LogP contribution in [0.25, 0.3) is 10.8 Å². The molecule has 6 N–H and O–H groups in total. The van der Waals surface area contributed by atoms with Crippen molar-refractivity contribution >= 4 is 28.2 Å². The Balaban J connectivity index is 1.70. The summed E-state index contributed by atoms with van der Waals surface area (Å²) in [5, 5.41) is 43.4. The number of ketones is 2. The van der Waals surface area contributed by atoms with E-state index in [4.69, 9.17) is 5.73 Å². The second kappa shape index (κ2) is 6.34. The van der Waals surface area contributed by atoms with E-state index in [2.05, 4.69) is 0 Å². The quantitative estimate of drug-likeness (QED) is 0.349. The molecule has 0 heterocycles. The lowest BCUT2D eigenvalue weighted by atomic mass is 9.62. The lowest BCUT2D eigenvalue weighted by Crippen LogP contribution is -2.43. The minimum absolute atomic E-state index is 0.00251. The van der Waals surface area contributed by atoms with Gasteiger partial charge in [-0.15, -0.1) is 0 Å². The number of fused-ring (bicyclic) bond motifs is 4. The van der Waals surface area contributed by atoms with E-state index in [1.165, 1.54) is 0 Å². The number of hydrogen-bond donors (Lipinski definition) is 5. The Morgan fingerprint density at radius 2 is 1.61 bits per heavy atom. The van der Waals surface area contributed by atoms with E-state index in [0.29, 0.717) is 16.3 Å². The van der Waals surface area contributed by atoms with Gasteiger partial charge in [0, 0.05) is 28.3 Å². The normalized spacial score (nSPS) is 25.4. The Labute approximate surface area is 175 Å². The first-order chi connectivity index (χ1) is 14.7. The van der Waals surface area contributed by atoms with Crippen molar-refractivity contribution in [3.8, 4) is 11.5 Å². The minimum Gasteiger partial charge on any atom is -0.511 e. The monoisotopic (exact) mass is 421 g/mol. The molecule has 8 nitrogen and oxygen atoms in total. The predicted octanol–water partition coefficient (Wildman–Crippen LogP) is 2.32. The minimum atomic E-state index is -1.16. The fourth-order valence-corrected chi connectivity index (χ4v) is 5.44. The summed E-state index contributed by atoms with van der Waals surface area (Å²) >= 11 is 0. The lowest BCUT2D eigenvalue weighted by Gasteiger charge is -2.40. The lowest BCUT2D eigenvalue weighted by molar-refractivity contribution is -0.126. The van der Waals surface area contributed by atoms with Gasteiger partial charge in [0.2, 0.25) is 0 Å². The topological polar surface area (TPSA) is 158 Å². The maximum Gasteiger partial charge on any atom is 0.255 e. The van der Waals surface area contributed by atoms with Gasteiger partial charge in [-0.05, 0) is 24.7 Å². The zero-order valence-corrected chi connectivity index (χ0v) is 16.3. The van der Waals surface area contributed by atoms with Crippen molar-refractivity contribution in [1.29, 1.82) is 0 Å². The highest BCUT2D eigenvalue weighted by atomic mass is 16.3. The van der Waals surface area contributed by atoms with Crippen molar-refractivity contribution < 1.29 is 34.8 Å². The average molecular weight is 421 g/mol. The molecule has 0 saturated heterocycles. The number of allylic oxidation sites excluding steroid dienone is 3. The summed E-state index contributed by atoms with van der Waals surface area (Å²) in [5.74, 6) is -6.01. The number of nitrogens with two attached hydrogens (primary N) is 1. The molecule has 0 bridgehead atoms. The van der Waals surface area contributed by atoms with E-state index in [9.17, 15) is 34.8 Å². The number of carbonyl (C=O) groups excluding carboxylic acids is 3. The second-order valence-electron chi connectivity index (χ2n) is 8.35. The number of amides is 1. The zero-order valence-electron chi connectivity index (χ0n) is 16.3. The van der Waals surface area contributed by atoms with Gasteiger partial charge < -0.3 is 26.2 Å². The Hall–Kier alpha value is -3.81. The SMILES string of the molecule is NC(=O)C1=C(O)CC2C[C@@H]3Cc4c(c(O)c5ccccc5c4O)C(=O)C3=C(O)C2C1=O. The maximum atomic E-state index is 13.4. The van der Waals surface area contributed by atoms with Gasteiger partial charge in [0.15, 0.2) is 11.6 Å². The standard InChI is InChI=1S/C23H19NO7/c24-23(31)17-13(25)7-9-5-8-6-12-16(21(29)14(8)20(28)15(9)22(17)30)19(27)11-4-2-1-3-10(11)18(12)26/h1-4,8-9,15,25-28H,5-7H2,(H2,24,31)/t8-,9?,15?/m1/s1. The van der Waals surface area contributed by atoms with Crippen molar-refractivity contribution in [3.63, 3.8) is 0 Å². The number of carbonyl (C=O) groups is 3. The molecule has 0 radical (unpaired) electrons. The zero-order chi connectivity index (χ0) is 22.2. The number of primary amides is 1. The summed E-state index contributed by atoms with van der Waals surface area (Å²) in [4.78, 5) is 37.8. The molecule has 3 atom stereocenters. The summed E-state index contributed by atoms with van der Waals surface area (Å²) in [5.41, 5.74) is 4.87. The first-order valence-electron chi connectivity index (χ1n) is 9.91. The van der Waals surface area contributed by atoms with E-state index in [-0.39, 0.29) is 41.9 Å². The van der Waals surface area contributed by atoms with Gasteiger partial charge >= 0.3 is 0 Å². The van der Waals surface area contributed by atoms with E-state index in [0.717, 1.165) is 0 Å². The fourth-order valence-electron chi connectivity index (χ4n) is 5.44. The maximum absolute atomic E-state index is 13.4. The van der Waals surface area contributed by atoms with Crippen molar-refractivity contribution in [3.05, 3.63) is 58.1 Å². The summed E-state index contributed by atoms with van der Waals surface area (Å²) in [6.45, 7) is 0. The predicted molar refractivity (Wildman–Crippen MR) is 109 cm³/mol. The van der Waals surface area contributed by atoms with Crippen molar-refractivity contribution in [1.82, 2.24) is 0 Å². The van der Waals surface area contributed by atoms with Crippen LogP contribution in [0.4, 0.5) is 0 Å². The van der Waals surface area contributed by atoms with Crippen LogP contribution in [-0.2, 0) is 16.0 Å². The van der Waals surface area contributed by atoms with E-state index in [1.54, 1.807) is 24.3 Å². The van der Waals surface area contributed by atoms with Gasteiger partial charge in [0.25, 0.3) is 5.91 Å². The first kappa shape index (κ1) is 19.2. The first-order valence-corrected chi connectivity index (χ1v) is 9.91. The number of Topliss-reactive ketones (excluding diaryl/α,β-unsaturated/α-hetero) is 2. The van der Waals surface area contributed by atoms with Crippen molar-refractivity contribution in [2.24, 2.45) is 23.5 Å². The Morgan fingerprint density at radius 1 is 0.968 bits per heavy atom. The van der Waals surface area contributed by atoms with Crippen LogP contribution < -0.4 is 5.73 Å². The van der Waals surface area contributed by atoms with Gasteiger partial charge in [-0.1, -0.05) is 24.3 Å². The molecule has 5 rings (SSSR count). The van der Waals surface area contributed by atoms with Crippen molar-refractivity contribution in [2.45, 2.75) is 19.3 Å².